The Labute approximate surface area is 151 Å². The number of carbonyl (C=O) groups excluding carboxylic acids is 2. The van der Waals surface area contributed by atoms with Crippen LogP contribution in [0.15, 0.2) is 12.1 Å². The number of amides is 1. The van der Waals surface area contributed by atoms with Gasteiger partial charge in [-0.3, -0.25) is 9.59 Å². The minimum absolute atomic E-state index is 0.0355. The van der Waals surface area contributed by atoms with Crippen LogP contribution in [0.4, 0.5) is 0 Å². The number of nitrogens with zero attached hydrogens (tertiary/aromatic N) is 1. The Morgan fingerprint density at radius 2 is 1.79 bits per heavy atom. The topological polar surface area (TPSA) is 46.6 Å². The van der Waals surface area contributed by atoms with Crippen molar-refractivity contribution in [1.82, 2.24) is 4.90 Å². The van der Waals surface area contributed by atoms with Gasteiger partial charge in [-0.15, -0.1) is 0 Å². The number of halogens is 1. The molecule has 0 fully saturated rings. The van der Waals surface area contributed by atoms with Crippen LogP contribution in [0.25, 0.3) is 0 Å². The van der Waals surface area contributed by atoms with E-state index in [1.807, 2.05) is 13.8 Å². The van der Waals surface area contributed by atoms with Gasteiger partial charge in [0.2, 0.25) is 0 Å². The molecule has 0 saturated heterocycles. The third-order valence-electron chi connectivity index (χ3n) is 4.66. The minimum atomic E-state index is -2.18. The summed E-state index contributed by atoms with van der Waals surface area (Å²) in [5, 5.41) is 0.355. The highest BCUT2D eigenvalue weighted by Gasteiger charge is 2.40. The van der Waals surface area contributed by atoms with Crippen LogP contribution in [0.1, 0.15) is 55.3 Å². The molecule has 134 valence electrons. The number of benzene rings is 1. The maximum atomic E-state index is 12.9. The zero-order chi connectivity index (χ0) is 18.7. The maximum Gasteiger partial charge on any atom is 0.258 e. The Balaban J connectivity index is 3.52. The van der Waals surface area contributed by atoms with Gasteiger partial charge in [0.15, 0.2) is 6.29 Å². The first-order chi connectivity index (χ1) is 11.0. The number of hydrogen-bond acceptors (Lipinski definition) is 3. The lowest BCUT2D eigenvalue weighted by Crippen LogP contribution is -2.44. The lowest BCUT2D eigenvalue weighted by atomic mass is 10.1. The summed E-state index contributed by atoms with van der Waals surface area (Å²) in [7, 11) is -2.18. The Hall–Kier alpha value is -1.33. The second-order valence-electron chi connectivity index (χ2n) is 7.33. The van der Waals surface area contributed by atoms with Gasteiger partial charge in [-0.2, -0.15) is 0 Å². The van der Waals surface area contributed by atoms with Crippen molar-refractivity contribution in [2.45, 2.75) is 52.8 Å². The van der Waals surface area contributed by atoms with Gasteiger partial charge in [0.1, 0.15) is 5.75 Å². The first kappa shape index (κ1) is 20.7. The molecule has 1 amide bonds. The van der Waals surface area contributed by atoms with E-state index in [1.54, 1.807) is 11.0 Å². The van der Waals surface area contributed by atoms with E-state index in [2.05, 4.69) is 33.9 Å². The maximum absolute atomic E-state index is 12.9. The molecule has 0 N–H and O–H groups in total. The third kappa shape index (κ3) is 4.39. The number of rotatable bonds is 6. The largest absolute Gasteiger partial charge is 0.543 e. The van der Waals surface area contributed by atoms with Gasteiger partial charge in [0.25, 0.3) is 14.2 Å². The van der Waals surface area contributed by atoms with E-state index in [9.17, 15) is 9.59 Å². The molecule has 0 atom stereocenters. The van der Waals surface area contributed by atoms with Crippen LogP contribution in [-0.2, 0) is 0 Å². The minimum Gasteiger partial charge on any atom is -0.543 e. The molecule has 0 bridgehead atoms. The second kappa shape index (κ2) is 7.70. The zero-order valence-electron chi connectivity index (χ0n) is 15.7. The van der Waals surface area contributed by atoms with Crippen molar-refractivity contribution >= 4 is 32.1 Å². The Kier molecular flexibility index (Phi) is 6.65. The average Bonchev–Trinajstić information content (AvgIpc) is 2.45. The smallest absolute Gasteiger partial charge is 0.258 e. The molecule has 0 aliphatic rings. The van der Waals surface area contributed by atoms with Gasteiger partial charge in [-0.1, -0.05) is 32.4 Å². The molecule has 1 rings (SSSR count). The molecule has 0 unspecified atom stereocenters. The van der Waals surface area contributed by atoms with Gasteiger partial charge in [0, 0.05) is 23.7 Å². The van der Waals surface area contributed by atoms with Gasteiger partial charge in [0.05, 0.1) is 5.56 Å². The van der Waals surface area contributed by atoms with E-state index in [4.69, 9.17) is 16.0 Å². The van der Waals surface area contributed by atoms with Crippen LogP contribution < -0.4 is 4.43 Å². The standard InChI is InChI=1S/C18H28ClNO3Si/c1-8-20(9-2)17(22)16-13(12-21)10-14(19)11-15(16)23-24(6,7)18(3,4)5/h10-12H,8-9H2,1-7H3. The van der Waals surface area contributed by atoms with Crippen molar-refractivity contribution in [1.29, 1.82) is 0 Å². The summed E-state index contributed by atoms with van der Waals surface area (Å²) in [5.74, 6) is 0.209. The SMILES string of the molecule is CCN(CC)C(=O)c1c(C=O)cc(Cl)cc1O[Si](C)(C)C(C)(C)C. The fourth-order valence-electron chi connectivity index (χ4n) is 2.10. The highest BCUT2D eigenvalue weighted by Crippen LogP contribution is 2.39. The summed E-state index contributed by atoms with van der Waals surface area (Å²) in [5.41, 5.74) is 0.580. The molecule has 1 aromatic carbocycles. The fourth-order valence-corrected chi connectivity index (χ4v) is 3.33. The molecule has 0 aliphatic heterocycles. The normalized spacial score (nSPS) is 12.0. The highest BCUT2D eigenvalue weighted by atomic mass is 35.5. The zero-order valence-corrected chi connectivity index (χ0v) is 17.5. The molecule has 1 aromatic rings. The Morgan fingerprint density at radius 1 is 1.25 bits per heavy atom. The quantitative estimate of drug-likeness (QED) is 0.522. The van der Waals surface area contributed by atoms with Crippen LogP contribution in [0.3, 0.4) is 0 Å². The predicted octanol–water partition coefficient (Wildman–Crippen LogP) is 5.02. The van der Waals surface area contributed by atoms with Gasteiger partial charge in [-0.25, -0.2) is 0 Å². The van der Waals surface area contributed by atoms with Crippen LogP contribution >= 0.6 is 11.6 Å². The van der Waals surface area contributed by atoms with Crippen molar-refractivity contribution in [2.24, 2.45) is 0 Å². The summed E-state index contributed by atoms with van der Waals surface area (Å²) in [6.45, 7) is 15.5. The van der Waals surface area contributed by atoms with Gasteiger partial charge >= 0.3 is 0 Å². The third-order valence-corrected chi connectivity index (χ3v) is 9.22. The molecule has 4 nitrogen and oxygen atoms in total. The van der Waals surface area contributed by atoms with Crippen LogP contribution in [0, 0.1) is 0 Å². The van der Waals surface area contributed by atoms with E-state index >= 15 is 0 Å². The van der Waals surface area contributed by atoms with Crippen LogP contribution in [0.5, 0.6) is 5.75 Å². The lowest BCUT2D eigenvalue weighted by Gasteiger charge is -2.37. The van der Waals surface area contributed by atoms with Crippen molar-refractivity contribution < 1.29 is 14.0 Å². The first-order valence-corrected chi connectivity index (χ1v) is 11.5. The number of hydrogen-bond donors (Lipinski definition) is 0. The second-order valence-corrected chi connectivity index (χ2v) is 12.5. The van der Waals surface area contributed by atoms with Crippen molar-refractivity contribution in [3.8, 4) is 5.75 Å². The van der Waals surface area contributed by atoms with E-state index in [0.29, 0.717) is 35.7 Å². The van der Waals surface area contributed by atoms with E-state index in [0.717, 1.165) is 0 Å². The molecule has 0 heterocycles. The van der Waals surface area contributed by atoms with Gasteiger partial charge in [-0.05, 0) is 44.1 Å². The van der Waals surface area contributed by atoms with Crippen molar-refractivity contribution in [2.75, 3.05) is 13.1 Å². The lowest BCUT2D eigenvalue weighted by molar-refractivity contribution is 0.0767. The molecule has 0 aliphatic carbocycles. The van der Waals surface area contributed by atoms with Crippen molar-refractivity contribution in [3.63, 3.8) is 0 Å². The molecule has 0 spiro atoms. The van der Waals surface area contributed by atoms with E-state index in [-0.39, 0.29) is 16.5 Å². The highest BCUT2D eigenvalue weighted by molar-refractivity contribution is 6.74. The molecular formula is C18H28ClNO3Si. The molecular weight excluding hydrogens is 342 g/mol. The molecule has 0 saturated carbocycles. The summed E-state index contributed by atoms with van der Waals surface area (Å²) >= 11 is 6.15. The van der Waals surface area contributed by atoms with E-state index < -0.39 is 8.32 Å². The van der Waals surface area contributed by atoms with E-state index in [1.165, 1.54) is 6.07 Å². The Morgan fingerprint density at radius 3 is 2.21 bits per heavy atom. The first-order valence-electron chi connectivity index (χ1n) is 8.25. The molecule has 6 heteroatoms. The molecule has 0 radical (unpaired) electrons. The van der Waals surface area contributed by atoms with Crippen molar-refractivity contribution in [3.05, 3.63) is 28.3 Å². The number of carbonyl (C=O) groups is 2. The van der Waals surface area contributed by atoms with Crippen LogP contribution in [-0.4, -0.2) is 38.5 Å². The summed E-state index contributed by atoms with van der Waals surface area (Å²) < 4.78 is 6.33. The average molecular weight is 370 g/mol. The fraction of sp³-hybridized carbons (Fsp3) is 0.556. The molecule has 24 heavy (non-hydrogen) atoms. The Bertz CT molecular complexity index is 619. The summed E-state index contributed by atoms with van der Waals surface area (Å²) in [6.07, 6.45) is 0.668. The predicted molar refractivity (Wildman–Crippen MR) is 102 cm³/mol. The van der Waals surface area contributed by atoms with Gasteiger partial charge < -0.3 is 9.33 Å². The molecule has 0 aromatic heterocycles. The monoisotopic (exact) mass is 369 g/mol. The summed E-state index contributed by atoms with van der Waals surface area (Å²) in [4.78, 5) is 26.1. The number of aldehydes is 1. The van der Waals surface area contributed by atoms with Crippen LogP contribution in [0.2, 0.25) is 23.2 Å². The summed E-state index contributed by atoms with van der Waals surface area (Å²) in [6, 6.07) is 3.16.